The van der Waals surface area contributed by atoms with Crippen molar-refractivity contribution >= 4 is 12.1 Å². The van der Waals surface area contributed by atoms with E-state index in [1.165, 1.54) is 36.8 Å². The average molecular weight is 436 g/mol. The Balaban J connectivity index is 1.25. The third-order valence-electron chi connectivity index (χ3n) is 7.66. The first-order chi connectivity index (χ1) is 15.6. The van der Waals surface area contributed by atoms with Crippen LogP contribution in [-0.2, 0) is 21.3 Å². The quantitative estimate of drug-likeness (QED) is 0.394. The summed E-state index contributed by atoms with van der Waals surface area (Å²) in [6.45, 7) is 0.623. The molecule has 1 saturated carbocycles. The summed E-state index contributed by atoms with van der Waals surface area (Å²) in [7, 11) is 2.26. The van der Waals surface area contributed by atoms with Crippen LogP contribution in [0.5, 0.6) is 5.75 Å². The normalized spacial score (nSPS) is 26.4. The molecule has 2 aliphatic carbocycles. The van der Waals surface area contributed by atoms with Crippen molar-refractivity contribution in [3.05, 3.63) is 65.2 Å². The van der Waals surface area contributed by atoms with Crippen molar-refractivity contribution in [2.45, 2.75) is 50.0 Å². The number of rotatable bonds is 4. The summed E-state index contributed by atoms with van der Waals surface area (Å²) in [4.78, 5) is 26.7. The molecule has 0 unspecified atom stereocenters. The maximum atomic E-state index is 12.2. The van der Waals surface area contributed by atoms with Gasteiger partial charge in [-0.25, -0.2) is 9.59 Å². The Labute approximate surface area is 188 Å². The first-order valence-electron chi connectivity index (χ1n) is 11.5. The molecule has 5 rings (SSSR count). The third kappa shape index (κ3) is 3.77. The van der Waals surface area contributed by atoms with Gasteiger partial charge in [0.05, 0.1) is 5.56 Å². The molecule has 3 aliphatic rings. The Bertz CT molecular complexity index is 1010. The molecule has 0 spiro atoms. The fourth-order valence-electron chi connectivity index (χ4n) is 6.15. The van der Waals surface area contributed by atoms with Crippen LogP contribution in [0.15, 0.2) is 48.5 Å². The van der Waals surface area contributed by atoms with Crippen molar-refractivity contribution in [2.75, 3.05) is 20.4 Å². The van der Waals surface area contributed by atoms with E-state index in [1.54, 1.807) is 24.3 Å². The standard InChI is InChI=1S/C26H29NO5/c1-27-14-13-26-12-6-5-9-21(26)23(27)15-19-10-11-20(16-22(19)26)32-25(29)31-17-30-24(28)18-7-3-2-4-8-18/h2-4,7-8,10-11,16,21,23H,5-6,9,12-15,17H2,1H3/t21-,23+,26+/m0/s1. The molecule has 2 aromatic carbocycles. The van der Waals surface area contributed by atoms with Crippen LogP contribution >= 0.6 is 0 Å². The van der Waals surface area contributed by atoms with Crippen LogP contribution in [0.4, 0.5) is 4.79 Å². The summed E-state index contributed by atoms with van der Waals surface area (Å²) >= 11 is 0. The summed E-state index contributed by atoms with van der Waals surface area (Å²) in [6, 6.07) is 15.2. The molecular weight excluding hydrogens is 406 g/mol. The van der Waals surface area contributed by atoms with Gasteiger partial charge in [0, 0.05) is 11.5 Å². The highest BCUT2D eigenvalue weighted by Crippen LogP contribution is 2.55. The largest absolute Gasteiger partial charge is 0.516 e. The molecule has 0 N–H and O–H groups in total. The Hall–Kier alpha value is -2.86. The predicted molar refractivity (Wildman–Crippen MR) is 119 cm³/mol. The van der Waals surface area contributed by atoms with E-state index in [9.17, 15) is 9.59 Å². The van der Waals surface area contributed by atoms with E-state index in [0.717, 1.165) is 19.4 Å². The number of fused-ring (bicyclic) bond motifs is 1. The van der Waals surface area contributed by atoms with Crippen molar-refractivity contribution in [1.29, 1.82) is 0 Å². The van der Waals surface area contributed by atoms with Crippen LogP contribution in [-0.4, -0.2) is 43.5 Å². The molecule has 0 radical (unpaired) electrons. The summed E-state index contributed by atoms with van der Waals surface area (Å²) in [5.41, 5.74) is 3.32. The lowest BCUT2D eigenvalue weighted by Crippen LogP contribution is -2.59. The number of carbonyl (C=O) groups excluding carboxylic acids is 2. The van der Waals surface area contributed by atoms with Gasteiger partial charge in [-0.1, -0.05) is 37.1 Å². The van der Waals surface area contributed by atoms with Gasteiger partial charge in [-0.15, -0.1) is 0 Å². The average Bonchev–Trinajstić information content (AvgIpc) is 2.82. The Morgan fingerprint density at radius 3 is 2.75 bits per heavy atom. The summed E-state index contributed by atoms with van der Waals surface area (Å²) < 4.78 is 15.4. The number of ether oxygens (including phenoxy) is 3. The molecule has 0 amide bonds. The minimum absolute atomic E-state index is 0.192. The molecule has 2 aromatic rings. The number of benzene rings is 2. The molecule has 1 saturated heterocycles. The Morgan fingerprint density at radius 1 is 1.06 bits per heavy atom. The number of likely N-dealkylation sites (N-methyl/N-ethyl adjacent to an activating group) is 1. The molecule has 1 aliphatic heterocycles. The molecule has 0 aromatic heterocycles. The Kier molecular flexibility index (Phi) is 5.64. The number of nitrogens with zero attached hydrogens (tertiary/aromatic N) is 1. The van der Waals surface area contributed by atoms with E-state index >= 15 is 0 Å². The lowest BCUT2D eigenvalue weighted by molar-refractivity contribution is -0.0144. The van der Waals surface area contributed by atoms with Crippen molar-refractivity contribution in [3.63, 3.8) is 0 Å². The molecule has 6 nitrogen and oxygen atoms in total. The van der Waals surface area contributed by atoms with Gasteiger partial charge in [-0.2, -0.15) is 0 Å². The van der Waals surface area contributed by atoms with Crippen LogP contribution in [0.25, 0.3) is 0 Å². The summed E-state index contributed by atoms with van der Waals surface area (Å²) in [5, 5.41) is 0. The van der Waals surface area contributed by atoms with Crippen LogP contribution in [0, 0.1) is 5.92 Å². The molecule has 168 valence electrons. The fraction of sp³-hybridized carbons (Fsp3) is 0.462. The molecule has 2 fully saturated rings. The number of esters is 1. The van der Waals surface area contributed by atoms with Gasteiger partial charge in [0.25, 0.3) is 0 Å². The molecular formula is C26H29NO5. The van der Waals surface area contributed by atoms with Gasteiger partial charge in [-0.05, 0) is 80.6 Å². The van der Waals surface area contributed by atoms with E-state index in [-0.39, 0.29) is 5.41 Å². The lowest BCUT2D eigenvalue weighted by atomic mass is 9.52. The summed E-state index contributed by atoms with van der Waals surface area (Å²) in [6.07, 6.45) is 6.37. The van der Waals surface area contributed by atoms with Crippen LogP contribution in [0.1, 0.15) is 53.6 Å². The number of hydrogen-bond donors (Lipinski definition) is 0. The minimum atomic E-state index is -0.874. The maximum Gasteiger partial charge on any atom is 0.516 e. The highest BCUT2D eigenvalue weighted by molar-refractivity contribution is 5.89. The van der Waals surface area contributed by atoms with Gasteiger partial charge in [0.2, 0.25) is 6.79 Å². The second-order valence-electron chi connectivity index (χ2n) is 9.24. The van der Waals surface area contributed by atoms with E-state index in [1.807, 2.05) is 18.2 Å². The van der Waals surface area contributed by atoms with Gasteiger partial charge < -0.3 is 19.1 Å². The van der Waals surface area contributed by atoms with E-state index in [4.69, 9.17) is 14.2 Å². The third-order valence-corrected chi connectivity index (χ3v) is 7.66. The SMILES string of the molecule is CN1CC[C@]23CCCC[C@H]2[C@H]1Cc1ccc(OC(=O)OCOC(=O)c2ccccc2)cc13. The highest BCUT2D eigenvalue weighted by Gasteiger charge is 2.53. The van der Waals surface area contributed by atoms with Crippen LogP contribution in [0.3, 0.4) is 0 Å². The monoisotopic (exact) mass is 435 g/mol. The van der Waals surface area contributed by atoms with Gasteiger partial charge in [-0.3, -0.25) is 0 Å². The zero-order valence-corrected chi connectivity index (χ0v) is 18.4. The molecule has 1 heterocycles. The van der Waals surface area contributed by atoms with Gasteiger partial charge in [0.1, 0.15) is 5.75 Å². The maximum absolute atomic E-state index is 12.2. The first-order valence-corrected chi connectivity index (χ1v) is 11.5. The smallest absolute Gasteiger partial charge is 0.424 e. The second kappa shape index (κ2) is 8.58. The van der Waals surface area contributed by atoms with Crippen molar-refractivity contribution in [2.24, 2.45) is 5.92 Å². The number of hydrogen-bond acceptors (Lipinski definition) is 6. The van der Waals surface area contributed by atoms with Crippen molar-refractivity contribution in [3.8, 4) is 5.75 Å². The van der Waals surface area contributed by atoms with Gasteiger partial charge in [0.15, 0.2) is 0 Å². The second-order valence-corrected chi connectivity index (χ2v) is 9.24. The van der Waals surface area contributed by atoms with Gasteiger partial charge >= 0.3 is 12.1 Å². The van der Waals surface area contributed by atoms with Crippen molar-refractivity contribution < 1.29 is 23.8 Å². The lowest BCUT2D eigenvalue weighted by Gasteiger charge is -2.58. The summed E-state index contributed by atoms with van der Waals surface area (Å²) in [5.74, 6) is 0.604. The zero-order valence-electron chi connectivity index (χ0n) is 18.4. The van der Waals surface area contributed by atoms with Crippen molar-refractivity contribution in [1.82, 2.24) is 4.90 Å². The fourth-order valence-corrected chi connectivity index (χ4v) is 6.15. The van der Waals surface area contributed by atoms with E-state index in [0.29, 0.717) is 23.3 Å². The number of carbonyl (C=O) groups is 2. The number of piperidine rings is 1. The first kappa shape index (κ1) is 21.0. The molecule has 6 heteroatoms. The van der Waals surface area contributed by atoms with Crippen LogP contribution < -0.4 is 4.74 Å². The topological polar surface area (TPSA) is 65.1 Å². The molecule has 2 bridgehead atoms. The molecule has 3 atom stereocenters. The van der Waals surface area contributed by atoms with Crippen LogP contribution in [0.2, 0.25) is 0 Å². The minimum Gasteiger partial charge on any atom is -0.424 e. The van der Waals surface area contributed by atoms with E-state index in [2.05, 4.69) is 18.0 Å². The predicted octanol–water partition coefficient (Wildman–Crippen LogP) is 4.70. The number of likely N-dealkylation sites (tertiary alicyclic amines) is 1. The van der Waals surface area contributed by atoms with E-state index < -0.39 is 18.9 Å². The highest BCUT2D eigenvalue weighted by atomic mass is 16.8. The zero-order chi connectivity index (χ0) is 22.1. The molecule has 32 heavy (non-hydrogen) atoms. The Morgan fingerprint density at radius 2 is 1.91 bits per heavy atom.